The van der Waals surface area contributed by atoms with Crippen molar-refractivity contribution in [3.8, 4) is 28.9 Å². The minimum atomic E-state index is -1.12. The normalized spacial score (nSPS) is 16.1. The van der Waals surface area contributed by atoms with E-state index in [0.717, 1.165) is 0 Å². The number of rotatable bonds is 13. The number of aryl methyl sites for hydroxylation is 1. The van der Waals surface area contributed by atoms with Crippen molar-refractivity contribution in [3.63, 3.8) is 0 Å². The number of ketones is 4. The molecule has 2 aliphatic heterocycles. The van der Waals surface area contributed by atoms with Crippen molar-refractivity contribution in [1.29, 1.82) is 0 Å². The Morgan fingerprint density at radius 3 is 2.02 bits per heavy atom. The number of carbonyl (C=O) groups excluding carboxylic acids is 4. The summed E-state index contributed by atoms with van der Waals surface area (Å²) in [6.45, 7) is 1.68. The molecule has 4 aromatic rings. The van der Waals surface area contributed by atoms with E-state index in [2.05, 4.69) is 4.98 Å². The van der Waals surface area contributed by atoms with Gasteiger partial charge in [-0.2, -0.15) is 0 Å². The molecule has 0 aliphatic carbocycles. The largest absolute Gasteiger partial charge is 0.483 e. The van der Waals surface area contributed by atoms with Crippen LogP contribution in [-0.2, 0) is 6.61 Å². The molecule has 2 atom stereocenters. The number of ether oxygens (including phenoxy) is 5. The number of aliphatic hydroxyl groups is 2. The average Bonchev–Trinajstić information content (AvgIpc) is 3.11. The van der Waals surface area contributed by atoms with Gasteiger partial charge in [0.2, 0.25) is 18.5 Å². The minimum Gasteiger partial charge on any atom is -0.483 e. The third-order valence-electron chi connectivity index (χ3n) is 8.01. The number of Topliss-reactive ketones (excluding diaryl/α,β-unsaturated/α-hetero) is 4. The Hall–Kier alpha value is -5.59. The van der Waals surface area contributed by atoms with Crippen LogP contribution in [0.4, 0.5) is 0 Å². The van der Waals surface area contributed by atoms with E-state index >= 15 is 0 Å². The Balaban J connectivity index is 1.04. The van der Waals surface area contributed by atoms with Crippen molar-refractivity contribution in [3.05, 3.63) is 106 Å². The van der Waals surface area contributed by atoms with Crippen molar-refractivity contribution in [1.82, 2.24) is 4.98 Å². The first kappa shape index (κ1) is 33.3. The Labute approximate surface area is 281 Å². The zero-order valence-corrected chi connectivity index (χ0v) is 26.5. The van der Waals surface area contributed by atoms with Crippen LogP contribution in [-0.4, -0.2) is 64.1 Å². The van der Waals surface area contributed by atoms with E-state index in [1.807, 2.05) is 0 Å². The number of aromatic nitrogens is 1. The number of aliphatic hydroxyl groups excluding tert-OH is 2. The second-order valence-electron chi connectivity index (χ2n) is 11.5. The third kappa shape index (κ3) is 7.94. The monoisotopic (exact) mass is 667 g/mol. The van der Waals surface area contributed by atoms with Crippen molar-refractivity contribution >= 4 is 23.1 Å². The Morgan fingerprint density at radius 2 is 1.29 bits per heavy atom. The first-order valence-corrected chi connectivity index (χ1v) is 15.7. The van der Waals surface area contributed by atoms with Gasteiger partial charge in [-0.05, 0) is 48.9 Å². The van der Waals surface area contributed by atoms with Crippen molar-refractivity contribution in [2.45, 2.75) is 51.8 Å². The van der Waals surface area contributed by atoms with Crippen molar-refractivity contribution in [2.24, 2.45) is 0 Å². The predicted molar refractivity (Wildman–Crippen MR) is 173 cm³/mol. The lowest BCUT2D eigenvalue weighted by molar-refractivity contribution is -0.0672. The summed E-state index contributed by atoms with van der Waals surface area (Å²) in [5.41, 5.74) is 2.48. The Bertz CT molecular complexity index is 1920. The molecule has 0 spiro atoms. The molecule has 0 bridgehead atoms. The molecule has 0 saturated carbocycles. The van der Waals surface area contributed by atoms with Crippen molar-refractivity contribution in [2.75, 3.05) is 13.2 Å². The van der Waals surface area contributed by atoms with Gasteiger partial charge < -0.3 is 33.9 Å². The highest BCUT2D eigenvalue weighted by Gasteiger charge is 2.23. The van der Waals surface area contributed by atoms with Crippen LogP contribution in [0, 0.1) is 6.92 Å². The maximum atomic E-state index is 13.2. The summed E-state index contributed by atoms with van der Waals surface area (Å²) >= 11 is 0. The molecule has 0 fully saturated rings. The lowest BCUT2D eigenvalue weighted by Crippen LogP contribution is -2.28. The zero-order valence-electron chi connectivity index (χ0n) is 26.5. The van der Waals surface area contributed by atoms with Crippen LogP contribution < -0.4 is 23.7 Å². The summed E-state index contributed by atoms with van der Waals surface area (Å²) in [7, 11) is 0. The van der Waals surface area contributed by atoms with Crippen LogP contribution in [0.5, 0.6) is 28.9 Å². The highest BCUT2D eigenvalue weighted by Crippen LogP contribution is 2.34. The summed E-state index contributed by atoms with van der Waals surface area (Å²) in [4.78, 5) is 56.4. The number of benzene rings is 3. The summed E-state index contributed by atoms with van der Waals surface area (Å²) in [5.74, 6) is 0.462. The van der Waals surface area contributed by atoms with Crippen LogP contribution >= 0.6 is 0 Å². The van der Waals surface area contributed by atoms with E-state index in [-0.39, 0.29) is 86.0 Å². The summed E-state index contributed by atoms with van der Waals surface area (Å²) in [6.07, 6.45) is -2.40. The van der Waals surface area contributed by atoms with Crippen LogP contribution in [0.15, 0.2) is 72.8 Å². The predicted octanol–water partition coefficient (Wildman–Crippen LogP) is 4.84. The highest BCUT2D eigenvalue weighted by atomic mass is 16.7. The molecule has 252 valence electrons. The fraction of sp³-hybridized carbons (Fsp3) is 0.270. The van der Waals surface area contributed by atoms with Gasteiger partial charge in [0.05, 0.1) is 0 Å². The molecule has 0 amide bonds. The molecular weight excluding hydrogens is 634 g/mol. The summed E-state index contributed by atoms with van der Waals surface area (Å²) < 4.78 is 27.3. The minimum absolute atomic E-state index is 0.00209. The lowest BCUT2D eigenvalue weighted by atomic mass is 9.98. The molecule has 2 unspecified atom stereocenters. The van der Waals surface area contributed by atoms with Gasteiger partial charge in [0.15, 0.2) is 59.3 Å². The van der Waals surface area contributed by atoms with Crippen LogP contribution in [0.3, 0.4) is 0 Å². The van der Waals surface area contributed by atoms with Gasteiger partial charge in [0, 0.05) is 54.0 Å². The number of hydrogen-bond donors (Lipinski definition) is 2. The number of carbonyl (C=O) groups is 4. The van der Waals surface area contributed by atoms with Gasteiger partial charge in [-0.25, -0.2) is 4.98 Å². The molecule has 2 aliphatic rings. The molecular formula is C37H33NO11. The number of pyridine rings is 1. The topological polar surface area (TPSA) is 168 Å². The Morgan fingerprint density at radius 1 is 0.694 bits per heavy atom. The van der Waals surface area contributed by atoms with Gasteiger partial charge in [0.25, 0.3) is 0 Å². The van der Waals surface area contributed by atoms with Gasteiger partial charge in [-0.15, -0.1) is 0 Å². The maximum Gasteiger partial charge on any atom is 0.232 e. The van der Waals surface area contributed by atoms with Crippen LogP contribution in [0.25, 0.3) is 0 Å². The molecule has 1 aromatic heterocycles. The second kappa shape index (κ2) is 14.7. The first-order chi connectivity index (χ1) is 23.6. The third-order valence-corrected chi connectivity index (χ3v) is 8.01. The van der Waals surface area contributed by atoms with Gasteiger partial charge in [-0.1, -0.05) is 30.3 Å². The Kier molecular flexibility index (Phi) is 9.97. The van der Waals surface area contributed by atoms with E-state index in [9.17, 15) is 29.4 Å². The highest BCUT2D eigenvalue weighted by molar-refractivity contribution is 6.03. The number of nitrogens with zero attached hydrogens (tertiary/aromatic N) is 1. The van der Waals surface area contributed by atoms with Gasteiger partial charge in [-0.3, -0.25) is 19.2 Å². The van der Waals surface area contributed by atoms with Crippen LogP contribution in [0.1, 0.15) is 78.4 Å². The zero-order chi connectivity index (χ0) is 34.5. The first-order valence-electron chi connectivity index (χ1n) is 15.7. The molecule has 12 heteroatoms. The van der Waals surface area contributed by atoms with E-state index in [4.69, 9.17) is 23.7 Å². The van der Waals surface area contributed by atoms with E-state index in [1.54, 1.807) is 67.6 Å². The smallest absolute Gasteiger partial charge is 0.232 e. The molecule has 0 saturated heterocycles. The standard InChI is InChI=1S/C37H33NO11/c1-21-6-15-34(38-37(21)29(42)12-10-27(40)22-8-14-31-32(16-22)46-20-35(43)48-31)47-18-24-4-2-3-5-25(24)28(41)11-9-26(39)23-7-13-30-33(17-23)49-36(44)19-45-30/h2-8,13-17,35-36,43-44H,9-12,18-20H2,1H3. The molecule has 3 heterocycles. The lowest BCUT2D eigenvalue weighted by Gasteiger charge is -2.23. The van der Waals surface area contributed by atoms with Crippen molar-refractivity contribution < 1.29 is 53.1 Å². The molecule has 12 nitrogen and oxygen atoms in total. The summed E-state index contributed by atoms with van der Waals surface area (Å²) in [5, 5.41) is 19.2. The molecule has 0 radical (unpaired) electrons. The number of fused-ring (bicyclic) bond motifs is 2. The molecule has 6 rings (SSSR count). The SMILES string of the molecule is Cc1ccc(OCc2ccccc2C(=O)CCC(=O)c2ccc3c(c2)OC(O)CO3)nc1C(=O)CCC(=O)c1ccc2c(c1)OCC(O)O2. The van der Waals surface area contributed by atoms with E-state index in [0.29, 0.717) is 45.1 Å². The van der Waals surface area contributed by atoms with E-state index < -0.39 is 12.6 Å². The average molecular weight is 668 g/mol. The van der Waals surface area contributed by atoms with Crippen LogP contribution in [0.2, 0.25) is 0 Å². The summed E-state index contributed by atoms with van der Waals surface area (Å²) in [6, 6.07) is 19.5. The fourth-order valence-electron chi connectivity index (χ4n) is 5.41. The molecule has 2 N–H and O–H groups in total. The number of hydrogen-bond acceptors (Lipinski definition) is 12. The van der Waals surface area contributed by atoms with Gasteiger partial charge in [0.1, 0.15) is 12.3 Å². The maximum absolute atomic E-state index is 13.2. The van der Waals surface area contributed by atoms with Gasteiger partial charge >= 0.3 is 0 Å². The molecule has 49 heavy (non-hydrogen) atoms. The molecule has 3 aromatic carbocycles. The fourth-order valence-corrected chi connectivity index (χ4v) is 5.41. The second-order valence-corrected chi connectivity index (χ2v) is 11.5. The quantitative estimate of drug-likeness (QED) is 0.187. The van der Waals surface area contributed by atoms with E-state index in [1.165, 1.54) is 12.1 Å².